The molecule has 3 N–H and O–H groups in total. The van der Waals surface area contributed by atoms with E-state index in [9.17, 15) is 19.8 Å². The van der Waals surface area contributed by atoms with Gasteiger partial charge in [-0.15, -0.1) is 5.10 Å². The van der Waals surface area contributed by atoms with Crippen molar-refractivity contribution < 1.29 is 25.9 Å². The highest BCUT2D eigenvalue weighted by Gasteiger charge is 2.39. The molecule has 0 fully saturated rings. The second-order valence-corrected chi connectivity index (χ2v) is 7.50. The van der Waals surface area contributed by atoms with E-state index in [1.807, 2.05) is 13.8 Å². The zero-order valence-electron chi connectivity index (χ0n) is 18.0. The average molecular weight is 395 g/mol. The lowest BCUT2D eigenvalue weighted by atomic mass is 9.87. The van der Waals surface area contributed by atoms with Crippen molar-refractivity contribution >= 4 is 11.9 Å². The molecule has 9 heteroatoms. The van der Waals surface area contributed by atoms with Crippen molar-refractivity contribution in [3.8, 4) is 0 Å². The van der Waals surface area contributed by atoms with Gasteiger partial charge in [-0.3, -0.25) is 4.79 Å². The van der Waals surface area contributed by atoms with Crippen LogP contribution in [0, 0.1) is 0 Å². The van der Waals surface area contributed by atoms with Crippen LogP contribution >= 0.6 is 0 Å². The molecule has 0 unspecified atom stereocenters. The van der Waals surface area contributed by atoms with Gasteiger partial charge in [0.15, 0.2) is 0 Å². The summed E-state index contributed by atoms with van der Waals surface area (Å²) in [6.45, 7) is 8.30. The molecule has 0 spiro atoms. The number of carbonyl (C=O) groups is 2. The van der Waals surface area contributed by atoms with Crippen molar-refractivity contribution in [2.75, 3.05) is 0 Å². The van der Waals surface area contributed by atoms with Crippen molar-refractivity contribution in [3.05, 3.63) is 23.5 Å². The van der Waals surface area contributed by atoms with Crippen LogP contribution in [0.2, 0.25) is 0 Å². The molecule has 0 aliphatic heterocycles. The number of hydrogen-bond acceptors (Lipinski definition) is 6. The molecule has 3 atom stereocenters. The van der Waals surface area contributed by atoms with E-state index in [0.717, 1.165) is 4.68 Å². The van der Waals surface area contributed by atoms with Gasteiger partial charge in [-0.05, 0) is 32.8 Å². The lowest BCUT2D eigenvalue weighted by Gasteiger charge is -2.38. The number of carbonyl (C=O) groups excluding carboxylic acids is 1. The largest absolute Gasteiger partial charge is 0.478 e. The fourth-order valence-corrected chi connectivity index (χ4v) is 3.12. The Kier molecular flexibility index (Phi) is 6.46. The maximum Gasteiger partial charge on any atom is 0.331 e. The molecular formula is C19H30N4O5. The summed E-state index contributed by atoms with van der Waals surface area (Å²) < 4.78 is 16.4. The highest BCUT2D eigenvalue weighted by Crippen LogP contribution is 2.32. The Hall–Kier alpha value is -2.26. The third-order valence-electron chi connectivity index (χ3n) is 4.73. The van der Waals surface area contributed by atoms with Crippen LogP contribution < -0.4 is 5.32 Å². The van der Waals surface area contributed by atoms with Gasteiger partial charge in [-0.1, -0.05) is 19.1 Å². The van der Waals surface area contributed by atoms with Crippen LogP contribution in [0.4, 0.5) is 0 Å². The van der Waals surface area contributed by atoms with Gasteiger partial charge in [0, 0.05) is 18.9 Å². The maximum absolute atomic E-state index is 11.9. The molecule has 1 aliphatic carbocycles. The third kappa shape index (κ3) is 5.17. The Morgan fingerprint density at radius 2 is 2.11 bits per heavy atom. The molecule has 156 valence electrons. The van der Waals surface area contributed by atoms with Gasteiger partial charge in [0.25, 0.3) is 0 Å². The van der Waals surface area contributed by atoms with Crippen LogP contribution in [0.1, 0.15) is 67.0 Å². The third-order valence-corrected chi connectivity index (χ3v) is 4.73. The summed E-state index contributed by atoms with van der Waals surface area (Å²) in [5.41, 5.74) is -1.07. The molecule has 1 aliphatic rings. The van der Waals surface area contributed by atoms with Gasteiger partial charge < -0.3 is 20.3 Å². The lowest BCUT2D eigenvalue weighted by Crippen LogP contribution is -2.52. The number of carboxylic acid groups (broad SMARTS) is 1. The molecule has 0 bridgehead atoms. The van der Waals surface area contributed by atoms with E-state index in [1.165, 1.54) is 33.0 Å². The number of nitrogens with one attached hydrogen (secondary N) is 1. The highest BCUT2D eigenvalue weighted by atomic mass is 16.5. The van der Waals surface area contributed by atoms with Crippen molar-refractivity contribution in [2.24, 2.45) is 0 Å². The summed E-state index contributed by atoms with van der Waals surface area (Å²) in [6.07, 6.45) is 3.22. The Balaban J connectivity index is 2.58. The van der Waals surface area contributed by atoms with E-state index in [2.05, 4.69) is 15.6 Å². The Morgan fingerprint density at radius 3 is 2.57 bits per heavy atom. The van der Waals surface area contributed by atoms with Crippen molar-refractivity contribution in [1.29, 1.82) is 0 Å². The minimum absolute atomic E-state index is 0.00198. The first-order valence-electron chi connectivity index (χ1n) is 9.95. The number of aromatic nitrogens is 3. The van der Waals surface area contributed by atoms with Crippen LogP contribution in [-0.2, 0) is 19.9 Å². The average Bonchev–Trinajstić information content (AvgIpc) is 3.13. The van der Waals surface area contributed by atoms with E-state index >= 15 is 0 Å². The molecule has 28 heavy (non-hydrogen) atoms. The predicted octanol–water partition coefficient (Wildman–Crippen LogP) is 1.54. The minimum atomic E-state index is -1.80. The fourth-order valence-electron chi connectivity index (χ4n) is 3.12. The van der Waals surface area contributed by atoms with Gasteiger partial charge in [0.1, 0.15) is 11.3 Å². The van der Waals surface area contributed by atoms with Gasteiger partial charge in [-0.2, -0.15) is 0 Å². The highest BCUT2D eigenvalue weighted by molar-refractivity contribution is 5.87. The molecule has 0 aromatic carbocycles. The van der Waals surface area contributed by atoms with E-state index < -0.39 is 29.7 Å². The first-order valence-corrected chi connectivity index (χ1v) is 9.45. The molecule has 1 aromatic heterocycles. The molecule has 1 amide bonds. The van der Waals surface area contributed by atoms with E-state index in [0.29, 0.717) is 12.8 Å². The van der Waals surface area contributed by atoms with Gasteiger partial charge in [-0.25, -0.2) is 9.48 Å². The van der Waals surface area contributed by atoms with E-state index in [4.69, 9.17) is 6.11 Å². The second kappa shape index (κ2) is 8.83. The van der Waals surface area contributed by atoms with Gasteiger partial charge >= 0.3 is 5.97 Å². The fraction of sp³-hybridized carbons (Fsp3) is 0.684. The van der Waals surface area contributed by atoms with Crippen LogP contribution in [0.25, 0.3) is 0 Å². The number of amides is 1. The number of nitrogens with zero attached hydrogens (tertiary/aromatic N) is 3. The summed E-state index contributed by atoms with van der Waals surface area (Å²) in [7, 11) is 0. The molecule has 0 saturated carbocycles. The quantitative estimate of drug-likeness (QED) is 0.609. The Morgan fingerprint density at radius 1 is 1.46 bits per heavy atom. The predicted molar refractivity (Wildman–Crippen MR) is 101 cm³/mol. The maximum atomic E-state index is 11.9. The second-order valence-electron chi connectivity index (χ2n) is 7.50. The number of carboxylic acids is 1. The zero-order chi connectivity index (χ0) is 22.0. The topological polar surface area (TPSA) is 127 Å². The van der Waals surface area contributed by atoms with Crippen molar-refractivity contribution in [3.63, 3.8) is 0 Å². The molecular weight excluding hydrogens is 364 g/mol. The summed E-state index contributed by atoms with van der Waals surface area (Å²) in [4.78, 5) is 23.7. The van der Waals surface area contributed by atoms with Gasteiger partial charge in [0.2, 0.25) is 5.91 Å². The summed E-state index contributed by atoms with van der Waals surface area (Å²) in [6, 6.07) is -2.70. The normalized spacial score (nSPS) is 26.0. The minimum Gasteiger partial charge on any atom is -0.478 e. The summed E-state index contributed by atoms with van der Waals surface area (Å²) in [5, 5.41) is 30.4. The van der Waals surface area contributed by atoms with E-state index in [-0.39, 0.29) is 29.7 Å². The van der Waals surface area contributed by atoms with Gasteiger partial charge in [0.05, 0.1) is 31.8 Å². The standard InChI is InChI=1S/C19H30N4O5/c1-6-13(7-2)28-15-9-12(18(25)26)8-14(17(15)20-11(3)24)23-10-16(21-22-23)19(4,5)27/h8,10,13-15,17,27H,6-7,9H2,1-5H3,(H,20,24)(H,25,26)/t14-,15-,17-/m1/s1/i14D. The van der Waals surface area contributed by atoms with Crippen molar-refractivity contribution in [1.82, 2.24) is 20.3 Å². The number of aliphatic hydroxyl groups is 1. The number of hydrogen-bond donors (Lipinski definition) is 3. The van der Waals surface area contributed by atoms with Crippen LogP contribution in [0.15, 0.2) is 17.8 Å². The molecule has 0 radical (unpaired) electrons. The Labute approximate surface area is 166 Å². The summed E-state index contributed by atoms with van der Waals surface area (Å²) in [5.74, 6) is -1.54. The monoisotopic (exact) mass is 395 g/mol. The first-order chi connectivity index (χ1) is 13.4. The van der Waals surface area contributed by atoms with Crippen LogP contribution in [-0.4, -0.2) is 55.3 Å². The van der Waals surface area contributed by atoms with Crippen molar-refractivity contribution in [2.45, 2.75) is 83.7 Å². The number of rotatable bonds is 8. The summed E-state index contributed by atoms with van der Waals surface area (Å²) >= 11 is 0. The molecule has 2 rings (SSSR count). The lowest BCUT2D eigenvalue weighted by molar-refractivity contribution is -0.134. The zero-order valence-corrected chi connectivity index (χ0v) is 17.0. The van der Waals surface area contributed by atoms with Crippen LogP contribution in [0.3, 0.4) is 0 Å². The smallest absolute Gasteiger partial charge is 0.331 e. The first kappa shape index (κ1) is 20.5. The number of ether oxygens (including phenoxy) is 1. The molecule has 9 nitrogen and oxygen atoms in total. The number of aliphatic carboxylic acids is 1. The Bertz CT molecular complexity index is 784. The van der Waals surface area contributed by atoms with Crippen LogP contribution in [0.5, 0.6) is 0 Å². The molecule has 1 heterocycles. The molecule has 1 aromatic rings. The molecule has 0 saturated heterocycles. The SMILES string of the molecule is [2H][C@@]1(n2cc(C(C)(C)O)nn2)C=C(C(=O)O)C[C@@H](OC(CC)CC)[C@@H]1NC(C)=O. The van der Waals surface area contributed by atoms with E-state index in [1.54, 1.807) is 0 Å².